The maximum Gasteiger partial charge on any atom is 0.323 e. The monoisotopic (exact) mass is 518 g/mol. The van der Waals surface area contributed by atoms with Crippen LogP contribution in [0.3, 0.4) is 0 Å². The van der Waals surface area contributed by atoms with Crippen LogP contribution in [-0.2, 0) is 20.2 Å². The number of hydrogen-bond acceptors (Lipinski definition) is 5. The summed E-state index contributed by atoms with van der Waals surface area (Å²) in [6.45, 7) is 0. The third kappa shape index (κ3) is 6.79. The summed E-state index contributed by atoms with van der Waals surface area (Å²) in [7, 11) is -8.71. The van der Waals surface area contributed by atoms with Gasteiger partial charge >= 0.3 is 6.03 Å². The van der Waals surface area contributed by atoms with Crippen LogP contribution < -0.4 is 10.6 Å². The Morgan fingerprint density at radius 1 is 0.559 bits per heavy atom. The molecule has 0 saturated heterocycles. The number of nitrogens with one attached hydrogen (secondary N) is 2. The predicted octanol–water partition coefficient (Wildman–Crippen LogP) is 3.37. The van der Waals surface area contributed by atoms with Crippen LogP contribution in [0.25, 0.3) is 21.5 Å². The van der Waals surface area contributed by atoms with E-state index in [4.69, 9.17) is 0 Å². The molecule has 166 valence electrons. The summed E-state index contributed by atoms with van der Waals surface area (Å²) in [5, 5.41) is 7.69. The van der Waals surface area contributed by atoms with Crippen molar-refractivity contribution in [2.24, 2.45) is 0 Å². The van der Waals surface area contributed by atoms with E-state index in [0.29, 0.717) is 32.9 Å². The smallest absolute Gasteiger partial charge is 0.308 e. The van der Waals surface area contributed by atoms with Crippen molar-refractivity contribution in [1.82, 2.24) is 0 Å². The van der Waals surface area contributed by atoms with Crippen molar-refractivity contribution in [3.05, 3.63) is 72.8 Å². The molecule has 2 radical (unpaired) electrons. The van der Waals surface area contributed by atoms with Crippen LogP contribution in [0.4, 0.5) is 16.2 Å². The molecular weight excluding hydrogens is 502 g/mol. The van der Waals surface area contributed by atoms with Crippen LogP contribution in [0.1, 0.15) is 0 Å². The molecule has 0 aromatic heterocycles. The molecule has 0 unspecified atom stereocenters. The van der Waals surface area contributed by atoms with E-state index in [1.807, 2.05) is 0 Å². The summed E-state index contributed by atoms with van der Waals surface area (Å²) < 4.78 is 63.8. The van der Waals surface area contributed by atoms with Gasteiger partial charge in [0.25, 0.3) is 20.2 Å². The zero-order valence-corrected chi connectivity index (χ0v) is 23.8. The van der Waals surface area contributed by atoms with Crippen molar-refractivity contribution in [3.8, 4) is 0 Å². The molecule has 0 aliphatic heterocycles. The standard InChI is InChI=1S/C21H16N2O7S2.2Na/c24-21(22-17-5-1-13-3-7-19(31(25,26)27)11-15(13)9-17)23-18-6-2-14-4-8-20(32(28,29)30)12-16(14)10-18;;/h1-12H,(H2,22,23,24)(H,25,26,27)(H,28,29,30);;. The molecular formula is C21H16N2Na2O7S2. The molecule has 2 amide bonds. The van der Waals surface area contributed by atoms with Crippen LogP contribution in [-0.4, -0.2) is 91.1 Å². The number of carbonyl (C=O) groups is 1. The molecule has 0 bridgehead atoms. The molecule has 0 aliphatic rings. The van der Waals surface area contributed by atoms with Gasteiger partial charge in [0.05, 0.1) is 9.79 Å². The van der Waals surface area contributed by atoms with E-state index in [9.17, 15) is 30.7 Å². The normalized spacial score (nSPS) is 11.4. The van der Waals surface area contributed by atoms with E-state index < -0.39 is 26.3 Å². The Morgan fingerprint density at radius 2 is 0.912 bits per heavy atom. The maximum absolute atomic E-state index is 12.4. The van der Waals surface area contributed by atoms with Gasteiger partial charge in [-0.25, -0.2) is 4.79 Å². The number of hydrogen-bond donors (Lipinski definition) is 4. The Balaban J connectivity index is 0.00000204. The number of rotatable bonds is 4. The molecule has 0 aliphatic carbocycles. The Bertz CT molecular complexity index is 1490. The zero-order chi connectivity index (χ0) is 23.1. The topological polar surface area (TPSA) is 150 Å². The first-order chi connectivity index (χ1) is 15.0. The second kappa shape index (κ2) is 11.0. The van der Waals surface area contributed by atoms with Crippen molar-refractivity contribution < 1.29 is 30.7 Å². The van der Waals surface area contributed by atoms with Gasteiger partial charge in [0.1, 0.15) is 0 Å². The van der Waals surface area contributed by atoms with Gasteiger partial charge in [0, 0.05) is 70.5 Å². The number of urea groups is 1. The molecule has 0 atom stereocenters. The van der Waals surface area contributed by atoms with Gasteiger partial charge in [-0.15, -0.1) is 0 Å². The summed E-state index contributed by atoms with van der Waals surface area (Å²) in [6, 6.07) is 17.4. The van der Waals surface area contributed by atoms with Crippen LogP contribution in [0.15, 0.2) is 82.6 Å². The number of carbonyl (C=O) groups excluding carboxylic acids is 1. The van der Waals surface area contributed by atoms with Gasteiger partial charge in [-0.2, -0.15) is 16.8 Å². The van der Waals surface area contributed by atoms with Gasteiger partial charge in [-0.3, -0.25) is 9.11 Å². The second-order valence-electron chi connectivity index (χ2n) is 6.98. The molecule has 9 nitrogen and oxygen atoms in total. The first-order valence-electron chi connectivity index (χ1n) is 9.10. The van der Waals surface area contributed by atoms with E-state index in [1.54, 1.807) is 36.4 Å². The summed E-state index contributed by atoms with van der Waals surface area (Å²) in [6.07, 6.45) is 0. The molecule has 4 aromatic rings. The van der Waals surface area contributed by atoms with Gasteiger partial charge in [-0.1, -0.05) is 24.3 Å². The van der Waals surface area contributed by atoms with E-state index in [2.05, 4.69) is 10.6 Å². The fraction of sp³-hybridized carbons (Fsp3) is 0. The second-order valence-corrected chi connectivity index (χ2v) is 9.82. The quantitative estimate of drug-likeness (QED) is 0.239. The van der Waals surface area contributed by atoms with Crippen LogP contribution in [0.2, 0.25) is 0 Å². The maximum atomic E-state index is 12.4. The Labute approximate surface area is 240 Å². The minimum absolute atomic E-state index is 0. The van der Waals surface area contributed by atoms with Gasteiger partial charge < -0.3 is 10.6 Å². The van der Waals surface area contributed by atoms with Gasteiger partial charge in [0.2, 0.25) is 0 Å². The Morgan fingerprint density at radius 3 is 1.26 bits per heavy atom. The zero-order valence-electron chi connectivity index (χ0n) is 18.2. The minimum Gasteiger partial charge on any atom is -0.308 e. The van der Waals surface area contributed by atoms with Gasteiger partial charge in [-0.05, 0) is 70.1 Å². The van der Waals surface area contributed by atoms with Crippen molar-refractivity contribution in [2.75, 3.05) is 10.6 Å². The predicted molar refractivity (Wildman–Crippen MR) is 132 cm³/mol. The summed E-state index contributed by atoms with van der Waals surface area (Å²) in [4.78, 5) is 11.9. The van der Waals surface area contributed by atoms with E-state index in [-0.39, 0.29) is 68.9 Å². The van der Waals surface area contributed by atoms with E-state index in [0.717, 1.165) is 0 Å². The summed E-state index contributed by atoms with van der Waals surface area (Å²) in [5.41, 5.74) is 0.772. The molecule has 0 saturated carbocycles. The average Bonchev–Trinajstić information content (AvgIpc) is 2.71. The number of amides is 2. The van der Waals surface area contributed by atoms with E-state index >= 15 is 0 Å². The van der Waals surface area contributed by atoms with Gasteiger partial charge in [0.15, 0.2) is 0 Å². The molecule has 4 N–H and O–H groups in total. The minimum atomic E-state index is -4.35. The first kappa shape index (κ1) is 28.7. The van der Waals surface area contributed by atoms with Crippen molar-refractivity contribution in [3.63, 3.8) is 0 Å². The number of benzene rings is 4. The van der Waals surface area contributed by atoms with Crippen LogP contribution in [0.5, 0.6) is 0 Å². The summed E-state index contributed by atoms with van der Waals surface area (Å²) >= 11 is 0. The molecule has 0 spiro atoms. The van der Waals surface area contributed by atoms with Crippen molar-refractivity contribution >= 4 is 118 Å². The molecule has 0 heterocycles. The largest absolute Gasteiger partial charge is 0.323 e. The fourth-order valence-electron chi connectivity index (χ4n) is 3.22. The molecule has 4 rings (SSSR count). The van der Waals surface area contributed by atoms with Crippen molar-refractivity contribution in [1.29, 1.82) is 0 Å². The summed E-state index contributed by atoms with van der Waals surface area (Å²) in [5.74, 6) is 0. The third-order valence-electron chi connectivity index (χ3n) is 4.73. The molecule has 4 aromatic carbocycles. The average molecular weight is 518 g/mol. The molecule has 0 fully saturated rings. The Kier molecular flexibility index (Phi) is 9.33. The number of fused-ring (bicyclic) bond motifs is 2. The molecule has 34 heavy (non-hydrogen) atoms. The van der Waals surface area contributed by atoms with Crippen LogP contribution in [0, 0.1) is 0 Å². The fourth-order valence-corrected chi connectivity index (χ4v) is 4.25. The van der Waals surface area contributed by atoms with Crippen LogP contribution >= 0.6 is 0 Å². The third-order valence-corrected chi connectivity index (χ3v) is 6.43. The number of anilines is 2. The van der Waals surface area contributed by atoms with Crippen molar-refractivity contribution in [2.45, 2.75) is 9.79 Å². The van der Waals surface area contributed by atoms with E-state index in [1.165, 1.54) is 36.4 Å². The SMILES string of the molecule is O=C(Nc1ccc2ccc(S(=O)(=O)O)cc2c1)Nc1ccc2ccc(S(=O)(=O)O)cc2c1.[Na].[Na]. The Hall–Kier alpha value is -1.51. The molecule has 13 heteroatoms. The first-order valence-corrected chi connectivity index (χ1v) is 12.0.